The van der Waals surface area contributed by atoms with E-state index in [0.717, 1.165) is 35.8 Å². The van der Waals surface area contributed by atoms with Crippen molar-refractivity contribution in [3.63, 3.8) is 0 Å². The van der Waals surface area contributed by atoms with Gasteiger partial charge in [0.15, 0.2) is 0 Å². The van der Waals surface area contributed by atoms with Crippen molar-refractivity contribution in [3.05, 3.63) is 16.1 Å². The van der Waals surface area contributed by atoms with Gasteiger partial charge in [0.25, 0.3) is 5.91 Å². The van der Waals surface area contributed by atoms with Crippen LogP contribution >= 0.6 is 23.7 Å². The fraction of sp³-hybridized carbons (Fsp3) is 0.636. The van der Waals surface area contributed by atoms with Gasteiger partial charge in [0.1, 0.15) is 4.88 Å². The van der Waals surface area contributed by atoms with E-state index in [1.165, 1.54) is 11.3 Å². The molecule has 0 bridgehead atoms. The van der Waals surface area contributed by atoms with Crippen molar-refractivity contribution in [2.45, 2.75) is 25.8 Å². The monoisotopic (exact) mass is 275 g/mol. The van der Waals surface area contributed by atoms with E-state index >= 15 is 0 Å². The van der Waals surface area contributed by atoms with Gasteiger partial charge in [-0.1, -0.05) is 0 Å². The Morgan fingerprint density at radius 3 is 2.71 bits per heavy atom. The summed E-state index contributed by atoms with van der Waals surface area (Å²) < 4.78 is 0. The molecule has 0 aliphatic carbocycles. The Morgan fingerprint density at radius 2 is 2.18 bits per heavy atom. The molecule has 2 rings (SSSR count). The maximum atomic E-state index is 12.1. The Hall–Kier alpha value is -0.650. The van der Waals surface area contributed by atoms with Crippen LogP contribution < -0.4 is 5.32 Å². The molecule has 4 nitrogen and oxygen atoms in total. The van der Waals surface area contributed by atoms with Gasteiger partial charge in [-0.3, -0.25) is 4.79 Å². The van der Waals surface area contributed by atoms with E-state index in [0.29, 0.717) is 6.04 Å². The number of nitrogens with one attached hydrogen (secondary N) is 1. The van der Waals surface area contributed by atoms with Crippen LogP contribution in [0.4, 0.5) is 0 Å². The quantitative estimate of drug-likeness (QED) is 0.894. The number of carbonyl (C=O) groups is 1. The first-order valence-electron chi connectivity index (χ1n) is 5.59. The highest BCUT2D eigenvalue weighted by molar-refractivity contribution is 7.13. The topological polar surface area (TPSA) is 45.2 Å². The zero-order chi connectivity index (χ0) is 11.5. The third-order valence-corrected chi connectivity index (χ3v) is 3.91. The van der Waals surface area contributed by atoms with Crippen LogP contribution in [0.1, 0.15) is 27.5 Å². The molecular formula is C11H18ClN3OS. The summed E-state index contributed by atoms with van der Waals surface area (Å²) in [4.78, 5) is 18.9. The SMILES string of the molecule is Cc1ncc(C(=O)N(C)C2CCNCC2)s1.Cl. The second-order valence-corrected chi connectivity index (χ2v) is 5.38. The fourth-order valence-electron chi connectivity index (χ4n) is 1.99. The van der Waals surface area contributed by atoms with Crippen LogP contribution in [0.5, 0.6) is 0 Å². The van der Waals surface area contributed by atoms with Crippen molar-refractivity contribution < 1.29 is 4.79 Å². The average Bonchev–Trinajstić information content (AvgIpc) is 2.75. The van der Waals surface area contributed by atoms with Gasteiger partial charge >= 0.3 is 0 Å². The molecule has 2 heterocycles. The lowest BCUT2D eigenvalue weighted by molar-refractivity contribution is 0.0708. The number of rotatable bonds is 2. The molecule has 17 heavy (non-hydrogen) atoms. The summed E-state index contributed by atoms with van der Waals surface area (Å²) in [7, 11) is 1.90. The first-order chi connectivity index (χ1) is 7.68. The molecule has 6 heteroatoms. The molecule has 1 aliphatic heterocycles. The van der Waals surface area contributed by atoms with E-state index in [1.807, 2.05) is 18.9 Å². The third-order valence-electron chi connectivity index (χ3n) is 3.01. The van der Waals surface area contributed by atoms with Crippen LogP contribution in [0.15, 0.2) is 6.20 Å². The van der Waals surface area contributed by atoms with Crippen LogP contribution in [-0.2, 0) is 0 Å². The summed E-state index contributed by atoms with van der Waals surface area (Å²) in [5.41, 5.74) is 0. The summed E-state index contributed by atoms with van der Waals surface area (Å²) in [6.07, 6.45) is 3.76. The van der Waals surface area contributed by atoms with Crippen molar-refractivity contribution in [3.8, 4) is 0 Å². The van der Waals surface area contributed by atoms with Crippen LogP contribution in [0, 0.1) is 6.92 Å². The van der Waals surface area contributed by atoms with Crippen molar-refractivity contribution in [1.29, 1.82) is 0 Å². The average molecular weight is 276 g/mol. The lowest BCUT2D eigenvalue weighted by Crippen LogP contribution is -2.43. The molecule has 1 aromatic rings. The number of thiazole rings is 1. The van der Waals surface area contributed by atoms with Crippen LogP contribution in [0.25, 0.3) is 0 Å². The standard InChI is InChI=1S/C11H17N3OS.ClH/c1-8-13-7-10(16-8)11(15)14(2)9-3-5-12-6-4-9;/h7,9,12H,3-6H2,1-2H3;1H. The molecule has 1 N–H and O–H groups in total. The molecule has 0 atom stereocenters. The molecule has 0 unspecified atom stereocenters. The number of carbonyl (C=O) groups excluding carboxylic acids is 1. The van der Waals surface area contributed by atoms with Gasteiger partial charge < -0.3 is 10.2 Å². The summed E-state index contributed by atoms with van der Waals surface area (Å²) in [5, 5.41) is 4.25. The Kier molecular flexibility index (Phi) is 5.36. The van der Waals surface area contributed by atoms with E-state index < -0.39 is 0 Å². The normalized spacial score (nSPS) is 16.4. The summed E-state index contributed by atoms with van der Waals surface area (Å²) in [6, 6.07) is 0.371. The molecule has 1 fully saturated rings. The van der Waals surface area contributed by atoms with E-state index in [1.54, 1.807) is 6.20 Å². The van der Waals surface area contributed by atoms with Gasteiger partial charge in [-0.05, 0) is 32.9 Å². The van der Waals surface area contributed by atoms with E-state index in [-0.39, 0.29) is 18.3 Å². The third kappa shape index (κ3) is 3.40. The first kappa shape index (κ1) is 14.4. The van der Waals surface area contributed by atoms with Crippen LogP contribution in [0.2, 0.25) is 0 Å². The Balaban J connectivity index is 0.00000144. The highest BCUT2D eigenvalue weighted by Gasteiger charge is 2.23. The van der Waals surface area contributed by atoms with Gasteiger partial charge in [-0.15, -0.1) is 23.7 Å². The van der Waals surface area contributed by atoms with Gasteiger partial charge in [0.05, 0.1) is 11.2 Å². The van der Waals surface area contributed by atoms with Crippen molar-refractivity contribution in [1.82, 2.24) is 15.2 Å². The van der Waals surface area contributed by atoms with Crippen molar-refractivity contribution >= 4 is 29.7 Å². The van der Waals surface area contributed by atoms with E-state index in [9.17, 15) is 4.79 Å². The zero-order valence-electron chi connectivity index (χ0n) is 10.1. The number of hydrogen-bond acceptors (Lipinski definition) is 4. The molecular weight excluding hydrogens is 258 g/mol. The minimum atomic E-state index is 0. The maximum absolute atomic E-state index is 12.1. The summed E-state index contributed by atoms with van der Waals surface area (Å²) in [5.74, 6) is 0.109. The van der Waals surface area contributed by atoms with Crippen LogP contribution in [-0.4, -0.2) is 42.0 Å². The predicted octanol–water partition coefficient (Wildman–Crippen LogP) is 1.70. The molecule has 0 spiro atoms. The molecule has 0 aromatic carbocycles. The minimum absolute atomic E-state index is 0. The Labute approximate surface area is 112 Å². The fourth-order valence-corrected chi connectivity index (χ4v) is 2.75. The Bertz CT molecular complexity index is 377. The molecule has 0 radical (unpaired) electrons. The van der Waals surface area contributed by atoms with Gasteiger partial charge in [0.2, 0.25) is 0 Å². The number of aryl methyl sites for hydroxylation is 1. The number of piperidine rings is 1. The van der Waals surface area contributed by atoms with Gasteiger partial charge in [-0.25, -0.2) is 4.98 Å². The molecule has 1 saturated heterocycles. The number of nitrogens with zero attached hydrogens (tertiary/aromatic N) is 2. The molecule has 96 valence electrons. The second kappa shape index (κ2) is 6.33. The largest absolute Gasteiger partial charge is 0.338 e. The van der Waals surface area contributed by atoms with Gasteiger partial charge in [0, 0.05) is 13.1 Å². The number of halogens is 1. The smallest absolute Gasteiger partial charge is 0.265 e. The molecule has 0 saturated carbocycles. The van der Waals surface area contributed by atoms with E-state index in [2.05, 4.69) is 10.3 Å². The number of amides is 1. The minimum Gasteiger partial charge on any atom is -0.338 e. The first-order valence-corrected chi connectivity index (χ1v) is 6.40. The molecule has 1 aromatic heterocycles. The Morgan fingerprint density at radius 1 is 1.53 bits per heavy atom. The maximum Gasteiger partial charge on any atom is 0.265 e. The zero-order valence-corrected chi connectivity index (χ0v) is 11.7. The number of hydrogen-bond donors (Lipinski definition) is 1. The lowest BCUT2D eigenvalue weighted by atomic mass is 10.1. The highest BCUT2D eigenvalue weighted by Crippen LogP contribution is 2.17. The summed E-state index contributed by atoms with van der Waals surface area (Å²) in [6.45, 7) is 3.93. The predicted molar refractivity (Wildman–Crippen MR) is 72.1 cm³/mol. The molecule has 1 aliphatic rings. The van der Waals surface area contributed by atoms with Crippen LogP contribution in [0.3, 0.4) is 0 Å². The van der Waals surface area contributed by atoms with Crippen molar-refractivity contribution in [2.24, 2.45) is 0 Å². The molecule has 1 amide bonds. The van der Waals surface area contributed by atoms with E-state index in [4.69, 9.17) is 0 Å². The summed E-state index contributed by atoms with van der Waals surface area (Å²) >= 11 is 1.47. The van der Waals surface area contributed by atoms with Gasteiger partial charge in [-0.2, -0.15) is 0 Å². The second-order valence-electron chi connectivity index (χ2n) is 4.14. The highest BCUT2D eigenvalue weighted by atomic mass is 35.5. The number of aromatic nitrogens is 1. The lowest BCUT2D eigenvalue weighted by Gasteiger charge is -2.31. The van der Waals surface area contributed by atoms with Crippen molar-refractivity contribution in [2.75, 3.05) is 20.1 Å².